The molecular formula is C19H25IOSi. The molecule has 22 heavy (non-hydrogen) atoms. The minimum atomic E-state index is -1.45. The Morgan fingerprint density at radius 2 is 1.50 bits per heavy atom. The van der Waals surface area contributed by atoms with Gasteiger partial charge < -0.3 is 4.43 Å². The first kappa shape index (κ1) is 17.7. The molecule has 0 amide bonds. The molecule has 118 valence electrons. The molecule has 0 aliphatic heterocycles. The normalized spacial score (nSPS) is 11.7. The average molecular weight is 424 g/mol. The van der Waals surface area contributed by atoms with Crippen LogP contribution in [-0.2, 0) is 23.9 Å². The van der Waals surface area contributed by atoms with Gasteiger partial charge in [-0.05, 0) is 83.4 Å². The average Bonchev–Trinajstić information content (AvgIpc) is 2.46. The lowest BCUT2D eigenvalue weighted by atomic mass is 10.0. The Balaban J connectivity index is 2.05. The Morgan fingerprint density at radius 1 is 0.909 bits per heavy atom. The Kier molecular flexibility index (Phi) is 6.23. The Hall–Kier alpha value is -0.653. The van der Waals surface area contributed by atoms with Crippen molar-refractivity contribution in [3.63, 3.8) is 0 Å². The predicted molar refractivity (Wildman–Crippen MR) is 106 cm³/mol. The van der Waals surface area contributed by atoms with E-state index < -0.39 is 8.32 Å². The first-order valence-corrected chi connectivity index (χ1v) is 12.3. The van der Waals surface area contributed by atoms with Crippen molar-refractivity contribution in [3.05, 3.63) is 68.3 Å². The van der Waals surface area contributed by atoms with Crippen LogP contribution in [0.2, 0.25) is 19.6 Å². The van der Waals surface area contributed by atoms with Crippen LogP contribution in [0.5, 0.6) is 0 Å². The highest BCUT2D eigenvalue weighted by Crippen LogP contribution is 2.20. The molecule has 0 saturated carbocycles. The maximum atomic E-state index is 6.01. The third-order valence-electron chi connectivity index (χ3n) is 3.62. The van der Waals surface area contributed by atoms with E-state index in [2.05, 4.69) is 91.6 Å². The van der Waals surface area contributed by atoms with Crippen molar-refractivity contribution >= 4 is 30.9 Å². The summed E-state index contributed by atoms with van der Waals surface area (Å²) in [6.07, 6.45) is 2.10. The summed E-state index contributed by atoms with van der Waals surface area (Å²) in [7, 11) is -1.45. The Morgan fingerprint density at radius 3 is 2.05 bits per heavy atom. The molecule has 0 atom stereocenters. The van der Waals surface area contributed by atoms with E-state index in [0.717, 1.165) is 19.4 Å². The van der Waals surface area contributed by atoms with Crippen molar-refractivity contribution in [1.29, 1.82) is 0 Å². The number of hydrogen-bond donors (Lipinski definition) is 0. The highest BCUT2D eigenvalue weighted by atomic mass is 127. The van der Waals surface area contributed by atoms with Crippen LogP contribution in [0.3, 0.4) is 0 Å². The molecule has 0 radical (unpaired) electrons. The largest absolute Gasteiger partial charge is 0.413 e. The van der Waals surface area contributed by atoms with Gasteiger partial charge in [-0.2, -0.15) is 0 Å². The van der Waals surface area contributed by atoms with Gasteiger partial charge >= 0.3 is 0 Å². The van der Waals surface area contributed by atoms with E-state index in [-0.39, 0.29) is 0 Å². The van der Waals surface area contributed by atoms with Gasteiger partial charge in [0.2, 0.25) is 0 Å². The van der Waals surface area contributed by atoms with E-state index in [4.69, 9.17) is 4.43 Å². The van der Waals surface area contributed by atoms with E-state index in [1.54, 1.807) is 0 Å². The van der Waals surface area contributed by atoms with Crippen molar-refractivity contribution in [2.24, 2.45) is 0 Å². The fraction of sp³-hybridized carbons (Fsp3) is 0.368. The quantitative estimate of drug-likeness (QED) is 0.421. The summed E-state index contributed by atoms with van der Waals surface area (Å²) in [5.41, 5.74) is 5.44. The molecule has 0 fully saturated rings. The molecule has 0 aliphatic rings. The molecule has 3 heteroatoms. The molecule has 0 aliphatic carbocycles. The first-order valence-electron chi connectivity index (χ1n) is 7.86. The zero-order chi connectivity index (χ0) is 16.2. The standard InChI is InChI=1S/C19H25IOSi/c1-5-15-6-8-16(9-7-15)12-17-10-11-18(19(20)13-17)14-21-22(2,3)4/h6-11,13H,5,12,14H2,1-4H3. The maximum absolute atomic E-state index is 6.01. The van der Waals surface area contributed by atoms with E-state index in [0.29, 0.717) is 0 Å². The van der Waals surface area contributed by atoms with Gasteiger partial charge in [0.1, 0.15) is 0 Å². The van der Waals surface area contributed by atoms with E-state index in [1.165, 1.54) is 25.8 Å². The molecule has 0 heterocycles. The summed E-state index contributed by atoms with van der Waals surface area (Å²) in [6.45, 7) is 9.62. The fourth-order valence-electron chi connectivity index (χ4n) is 2.24. The third-order valence-corrected chi connectivity index (χ3v) is 5.63. The number of rotatable bonds is 6. The molecule has 0 bridgehead atoms. The van der Waals surface area contributed by atoms with Crippen LogP contribution in [0.15, 0.2) is 42.5 Å². The van der Waals surface area contributed by atoms with Crippen LogP contribution in [0.4, 0.5) is 0 Å². The van der Waals surface area contributed by atoms with Crippen LogP contribution < -0.4 is 0 Å². The highest BCUT2D eigenvalue weighted by Gasteiger charge is 2.14. The number of aryl methyl sites for hydroxylation is 1. The number of benzene rings is 2. The fourth-order valence-corrected chi connectivity index (χ4v) is 3.56. The summed E-state index contributed by atoms with van der Waals surface area (Å²) < 4.78 is 7.32. The Bertz CT molecular complexity index is 614. The van der Waals surface area contributed by atoms with Gasteiger partial charge in [-0.1, -0.05) is 43.3 Å². The zero-order valence-electron chi connectivity index (χ0n) is 13.9. The SMILES string of the molecule is CCc1ccc(Cc2ccc(CO[Si](C)(C)C)c(I)c2)cc1. The molecule has 0 saturated heterocycles. The van der Waals surface area contributed by atoms with Crippen LogP contribution in [0.1, 0.15) is 29.2 Å². The smallest absolute Gasteiger partial charge is 0.184 e. The molecule has 2 rings (SSSR count). The van der Waals surface area contributed by atoms with Crippen LogP contribution in [0, 0.1) is 3.57 Å². The highest BCUT2D eigenvalue weighted by molar-refractivity contribution is 14.1. The predicted octanol–water partition coefficient (Wildman–Crippen LogP) is 5.80. The summed E-state index contributed by atoms with van der Waals surface area (Å²) in [4.78, 5) is 0. The molecule has 0 unspecified atom stereocenters. The van der Waals surface area contributed by atoms with E-state index in [9.17, 15) is 0 Å². The lowest BCUT2D eigenvalue weighted by Crippen LogP contribution is -2.25. The second-order valence-electron chi connectivity index (χ2n) is 6.67. The van der Waals surface area contributed by atoms with E-state index in [1.807, 2.05) is 0 Å². The molecule has 0 N–H and O–H groups in total. The van der Waals surface area contributed by atoms with Gasteiger partial charge in [0, 0.05) is 3.57 Å². The van der Waals surface area contributed by atoms with Gasteiger partial charge in [0.05, 0.1) is 6.61 Å². The molecular weight excluding hydrogens is 399 g/mol. The minimum absolute atomic E-state index is 0.736. The summed E-state index contributed by atoms with van der Waals surface area (Å²) in [5, 5.41) is 0. The lowest BCUT2D eigenvalue weighted by molar-refractivity contribution is 0.298. The van der Waals surface area contributed by atoms with Gasteiger partial charge in [0.15, 0.2) is 8.32 Å². The lowest BCUT2D eigenvalue weighted by Gasteiger charge is -2.18. The first-order chi connectivity index (χ1) is 10.4. The van der Waals surface area contributed by atoms with E-state index >= 15 is 0 Å². The van der Waals surface area contributed by atoms with Gasteiger partial charge in [-0.15, -0.1) is 0 Å². The second-order valence-corrected chi connectivity index (χ2v) is 12.3. The Labute approximate surface area is 149 Å². The van der Waals surface area contributed by atoms with Crippen molar-refractivity contribution in [2.75, 3.05) is 0 Å². The summed E-state index contributed by atoms with van der Waals surface area (Å²) >= 11 is 2.43. The summed E-state index contributed by atoms with van der Waals surface area (Å²) in [6, 6.07) is 15.7. The van der Waals surface area contributed by atoms with Crippen molar-refractivity contribution in [2.45, 2.75) is 46.0 Å². The van der Waals surface area contributed by atoms with Gasteiger partial charge in [-0.3, -0.25) is 0 Å². The van der Waals surface area contributed by atoms with Gasteiger partial charge in [-0.25, -0.2) is 0 Å². The van der Waals surface area contributed by atoms with Crippen LogP contribution >= 0.6 is 22.6 Å². The topological polar surface area (TPSA) is 9.23 Å². The van der Waals surface area contributed by atoms with Crippen LogP contribution in [0.25, 0.3) is 0 Å². The van der Waals surface area contributed by atoms with Crippen molar-refractivity contribution in [3.8, 4) is 0 Å². The molecule has 1 nitrogen and oxygen atoms in total. The van der Waals surface area contributed by atoms with Crippen molar-refractivity contribution < 1.29 is 4.43 Å². The maximum Gasteiger partial charge on any atom is 0.184 e. The molecule has 2 aromatic rings. The monoisotopic (exact) mass is 424 g/mol. The molecule has 0 aromatic heterocycles. The number of halogens is 1. The zero-order valence-corrected chi connectivity index (χ0v) is 17.1. The third kappa shape index (κ3) is 5.52. The molecule has 2 aromatic carbocycles. The number of hydrogen-bond acceptors (Lipinski definition) is 1. The van der Waals surface area contributed by atoms with Crippen LogP contribution in [-0.4, -0.2) is 8.32 Å². The van der Waals surface area contributed by atoms with Crippen molar-refractivity contribution in [1.82, 2.24) is 0 Å². The second kappa shape index (κ2) is 7.75. The molecule has 0 spiro atoms. The summed E-state index contributed by atoms with van der Waals surface area (Å²) in [5.74, 6) is 0. The van der Waals surface area contributed by atoms with Gasteiger partial charge in [0.25, 0.3) is 0 Å². The minimum Gasteiger partial charge on any atom is -0.413 e.